The van der Waals surface area contributed by atoms with Crippen LogP contribution in [0.4, 0.5) is 22.0 Å². The number of imidazole rings is 1. The van der Waals surface area contributed by atoms with E-state index in [1.807, 2.05) is 0 Å². The van der Waals surface area contributed by atoms with Gasteiger partial charge in [-0.1, -0.05) is 24.3 Å². The summed E-state index contributed by atoms with van der Waals surface area (Å²) in [6.45, 7) is 8.42. The van der Waals surface area contributed by atoms with Crippen LogP contribution in [0.2, 0.25) is 0 Å². The van der Waals surface area contributed by atoms with Crippen molar-refractivity contribution in [2.75, 3.05) is 0 Å². The second kappa shape index (κ2) is 8.61. The summed E-state index contributed by atoms with van der Waals surface area (Å²) >= 11 is -1.72. The van der Waals surface area contributed by atoms with E-state index in [1.165, 1.54) is 28.8 Å². The monoisotopic (exact) mass is 437 g/mol. The van der Waals surface area contributed by atoms with Crippen molar-refractivity contribution in [3.63, 3.8) is 0 Å². The van der Waals surface area contributed by atoms with Crippen LogP contribution in [-0.4, -0.2) is 25.3 Å². The third-order valence-corrected chi connectivity index (χ3v) is 5.73. The Kier molecular flexibility index (Phi) is 7.01. The lowest BCUT2D eigenvalue weighted by Gasteiger charge is -2.27. The molecular weight excluding hydrogens is 413 g/mol. The minimum atomic E-state index is -4.59. The second-order valence-corrected chi connectivity index (χ2v) is 9.88. The second-order valence-electron chi connectivity index (χ2n) is 7.88. The molecule has 0 radical (unpaired) electrons. The largest absolute Gasteiger partial charge is 0.598 e. The number of halogens is 5. The Morgan fingerprint density at radius 1 is 1.07 bits per heavy atom. The van der Waals surface area contributed by atoms with E-state index in [0.29, 0.717) is 5.56 Å². The van der Waals surface area contributed by atoms with E-state index in [1.54, 1.807) is 34.6 Å². The first-order valence-corrected chi connectivity index (χ1v) is 10.1. The summed E-state index contributed by atoms with van der Waals surface area (Å²) in [5, 5.41) is 0. The summed E-state index contributed by atoms with van der Waals surface area (Å²) < 4.78 is 81.5. The molecule has 10 heteroatoms. The van der Waals surface area contributed by atoms with Crippen LogP contribution in [0.1, 0.15) is 58.0 Å². The predicted molar refractivity (Wildman–Crippen MR) is 103 cm³/mol. The molecule has 162 valence electrons. The van der Waals surface area contributed by atoms with E-state index in [0.717, 1.165) is 6.20 Å². The average molecular weight is 437 g/mol. The van der Waals surface area contributed by atoms with Gasteiger partial charge >= 0.3 is 6.18 Å². The highest BCUT2D eigenvalue weighted by molar-refractivity contribution is 7.90. The average Bonchev–Trinajstić information content (AvgIpc) is 3.04. The number of hydrogen-bond donors (Lipinski definition) is 1. The van der Waals surface area contributed by atoms with Crippen molar-refractivity contribution in [2.24, 2.45) is 0 Å². The molecule has 0 saturated heterocycles. The van der Waals surface area contributed by atoms with Gasteiger partial charge in [0.05, 0.1) is 0 Å². The number of benzene rings is 1. The number of alkyl halides is 5. The molecule has 1 aromatic carbocycles. The molecule has 0 fully saturated rings. The van der Waals surface area contributed by atoms with Gasteiger partial charge in [0.1, 0.15) is 16.6 Å². The van der Waals surface area contributed by atoms with Crippen LogP contribution in [-0.2, 0) is 17.5 Å². The summed E-state index contributed by atoms with van der Waals surface area (Å²) in [5.74, 6) is 0.0960. The zero-order valence-corrected chi connectivity index (χ0v) is 17.5. The van der Waals surface area contributed by atoms with Gasteiger partial charge in [0.25, 0.3) is 6.43 Å². The first-order valence-electron chi connectivity index (χ1n) is 8.94. The molecule has 1 aromatic heterocycles. The van der Waals surface area contributed by atoms with Crippen molar-refractivity contribution in [1.82, 2.24) is 14.3 Å². The molecule has 0 amide bonds. The molecule has 2 aromatic rings. The van der Waals surface area contributed by atoms with E-state index >= 15 is 0 Å². The van der Waals surface area contributed by atoms with E-state index < -0.39 is 40.4 Å². The highest BCUT2D eigenvalue weighted by Crippen LogP contribution is 2.33. The van der Waals surface area contributed by atoms with E-state index in [-0.39, 0.29) is 17.4 Å². The Hall–Kier alpha value is -1.65. The molecule has 2 rings (SSSR count). The van der Waals surface area contributed by atoms with E-state index in [9.17, 15) is 26.5 Å². The van der Waals surface area contributed by atoms with Crippen LogP contribution in [0.15, 0.2) is 30.5 Å². The van der Waals surface area contributed by atoms with E-state index in [2.05, 4.69) is 9.71 Å². The molecule has 0 aliphatic rings. The lowest BCUT2D eigenvalue weighted by molar-refractivity contribution is -0.140. The fourth-order valence-electron chi connectivity index (χ4n) is 2.53. The topological polar surface area (TPSA) is 52.9 Å². The van der Waals surface area contributed by atoms with Crippen molar-refractivity contribution >= 4 is 11.4 Å². The molecule has 1 heterocycles. The highest BCUT2D eigenvalue weighted by Gasteiger charge is 2.36. The first-order chi connectivity index (χ1) is 13.2. The molecule has 1 N–H and O–H groups in total. The van der Waals surface area contributed by atoms with Crippen LogP contribution in [0.3, 0.4) is 0 Å². The standard InChI is InChI=1S/C19H24F5N3OS/c1-11(2)27-10-14(19(22,23)24)25-17(27)13-8-6-12(7-9-13)15(16(20)21)26-29(28)18(3,4)5/h6-11,15-16,26H,1-5H3/t15-,29+/m1/s1. The third-order valence-electron chi connectivity index (χ3n) is 4.15. The fraction of sp³-hybridized carbons (Fsp3) is 0.526. The summed E-state index contributed by atoms with van der Waals surface area (Å²) in [6.07, 6.45) is -6.47. The zero-order chi connectivity index (χ0) is 22.1. The minimum Gasteiger partial charge on any atom is -0.598 e. The summed E-state index contributed by atoms with van der Waals surface area (Å²) in [5.41, 5.74) is -0.471. The molecule has 4 nitrogen and oxygen atoms in total. The summed E-state index contributed by atoms with van der Waals surface area (Å²) in [6, 6.07) is 3.89. The van der Waals surface area contributed by atoms with Gasteiger partial charge in [0.15, 0.2) is 5.69 Å². The van der Waals surface area contributed by atoms with Crippen molar-refractivity contribution in [3.8, 4) is 11.4 Å². The van der Waals surface area contributed by atoms with Crippen LogP contribution in [0.25, 0.3) is 11.4 Å². The Balaban J connectivity index is 2.37. The van der Waals surface area contributed by atoms with Crippen LogP contribution in [0, 0.1) is 0 Å². The molecular formula is C19H24F5N3OS. The molecule has 0 saturated carbocycles. The van der Waals surface area contributed by atoms with Gasteiger partial charge in [-0.3, -0.25) is 0 Å². The fourth-order valence-corrected chi connectivity index (χ4v) is 3.36. The van der Waals surface area contributed by atoms with Crippen LogP contribution < -0.4 is 4.72 Å². The molecule has 0 unspecified atom stereocenters. The Morgan fingerprint density at radius 2 is 1.62 bits per heavy atom. The number of nitrogens with zero attached hydrogens (tertiary/aromatic N) is 2. The zero-order valence-electron chi connectivity index (χ0n) is 16.7. The molecule has 0 aliphatic heterocycles. The lowest BCUT2D eigenvalue weighted by Crippen LogP contribution is -2.43. The number of aromatic nitrogens is 2. The maximum absolute atomic E-state index is 13.5. The molecule has 0 aliphatic carbocycles. The van der Waals surface area contributed by atoms with E-state index in [4.69, 9.17) is 0 Å². The van der Waals surface area contributed by atoms with Crippen molar-refractivity contribution in [2.45, 2.75) is 64.1 Å². The number of hydrogen-bond acceptors (Lipinski definition) is 3. The van der Waals surface area contributed by atoms with Gasteiger partial charge in [0, 0.05) is 29.2 Å². The number of rotatable bonds is 6. The Labute approximate surface area is 169 Å². The van der Waals surface area contributed by atoms with Gasteiger partial charge in [-0.05, 0) is 40.2 Å². The maximum Gasteiger partial charge on any atom is 0.434 e. The highest BCUT2D eigenvalue weighted by atomic mass is 32.2. The Bertz CT molecular complexity index is 813. The van der Waals surface area contributed by atoms with Gasteiger partial charge < -0.3 is 9.12 Å². The maximum atomic E-state index is 13.5. The van der Waals surface area contributed by atoms with Gasteiger partial charge in [-0.2, -0.15) is 13.2 Å². The quantitative estimate of drug-likeness (QED) is 0.479. The van der Waals surface area contributed by atoms with Crippen LogP contribution in [0.5, 0.6) is 0 Å². The SMILES string of the molecule is CC(C)n1cc(C(F)(F)F)nc1-c1ccc([C@@H](N[S@@+]([O-])C(C)(C)C)C(F)F)cc1. The van der Waals surface area contributed by atoms with Crippen LogP contribution >= 0.6 is 0 Å². The lowest BCUT2D eigenvalue weighted by atomic mass is 10.1. The smallest absolute Gasteiger partial charge is 0.434 e. The third kappa shape index (κ3) is 5.70. The van der Waals surface area contributed by atoms with Crippen molar-refractivity contribution in [1.29, 1.82) is 0 Å². The molecule has 0 bridgehead atoms. The van der Waals surface area contributed by atoms with Crippen molar-refractivity contribution in [3.05, 3.63) is 41.7 Å². The van der Waals surface area contributed by atoms with Crippen molar-refractivity contribution < 1.29 is 26.5 Å². The summed E-state index contributed by atoms with van der Waals surface area (Å²) in [4.78, 5) is 3.69. The molecule has 2 atom stereocenters. The molecule has 0 spiro atoms. The molecule has 29 heavy (non-hydrogen) atoms. The minimum absolute atomic E-state index is 0.0960. The van der Waals surface area contributed by atoms with Gasteiger partial charge in [-0.25, -0.2) is 13.8 Å². The van der Waals surface area contributed by atoms with Gasteiger partial charge in [0.2, 0.25) is 0 Å². The predicted octanol–water partition coefficient (Wildman–Crippen LogP) is 5.51. The first kappa shape index (κ1) is 23.6. The Morgan fingerprint density at radius 3 is 2.03 bits per heavy atom. The van der Waals surface area contributed by atoms with Gasteiger partial charge in [-0.15, -0.1) is 4.72 Å². The summed E-state index contributed by atoms with van der Waals surface area (Å²) in [7, 11) is 0. The number of nitrogens with one attached hydrogen (secondary N) is 1. The normalized spacial score (nSPS) is 15.2.